The molecule has 1 atom stereocenters. The van der Waals surface area contributed by atoms with Gasteiger partial charge in [-0.1, -0.05) is 6.92 Å². The van der Waals surface area contributed by atoms with E-state index in [2.05, 4.69) is 48.0 Å². The summed E-state index contributed by atoms with van der Waals surface area (Å²) in [7, 11) is 2.02. The summed E-state index contributed by atoms with van der Waals surface area (Å²) in [6.45, 7) is 7.52. The number of nitrogens with one attached hydrogen (secondary N) is 1. The Morgan fingerprint density at radius 3 is 2.74 bits per heavy atom. The Morgan fingerprint density at radius 1 is 1.42 bits per heavy atom. The van der Waals surface area contributed by atoms with Crippen molar-refractivity contribution in [1.82, 2.24) is 15.1 Å². The summed E-state index contributed by atoms with van der Waals surface area (Å²) in [6, 6.07) is 2.62. The monoisotopic (exact) mass is 277 g/mol. The van der Waals surface area contributed by atoms with Crippen molar-refractivity contribution in [2.45, 2.75) is 39.7 Å². The number of hydrogen-bond donors (Lipinski definition) is 1. The molecule has 0 saturated carbocycles. The van der Waals surface area contributed by atoms with Crippen LogP contribution in [0, 0.1) is 13.8 Å². The molecule has 0 radical (unpaired) electrons. The second-order valence-corrected chi connectivity index (χ2v) is 5.82. The first kappa shape index (κ1) is 14.3. The van der Waals surface area contributed by atoms with Crippen molar-refractivity contribution in [3.8, 4) is 0 Å². The van der Waals surface area contributed by atoms with Gasteiger partial charge in [0.25, 0.3) is 0 Å². The van der Waals surface area contributed by atoms with Crippen LogP contribution in [0.4, 0.5) is 0 Å². The molecule has 0 fully saturated rings. The lowest BCUT2D eigenvalue weighted by Gasteiger charge is -2.18. The Morgan fingerprint density at radius 2 is 2.21 bits per heavy atom. The van der Waals surface area contributed by atoms with Crippen molar-refractivity contribution in [2.75, 3.05) is 6.54 Å². The second kappa shape index (κ2) is 6.35. The van der Waals surface area contributed by atoms with Crippen molar-refractivity contribution in [3.05, 3.63) is 39.3 Å². The number of rotatable bonds is 6. The highest BCUT2D eigenvalue weighted by atomic mass is 32.1. The maximum Gasteiger partial charge on any atom is 0.0629 e. The summed E-state index contributed by atoms with van der Waals surface area (Å²) in [5.74, 6) is 0. The van der Waals surface area contributed by atoms with E-state index in [0.29, 0.717) is 6.04 Å². The minimum Gasteiger partial charge on any atom is -0.310 e. The van der Waals surface area contributed by atoms with Crippen LogP contribution in [0.5, 0.6) is 0 Å². The van der Waals surface area contributed by atoms with Crippen LogP contribution in [-0.4, -0.2) is 16.3 Å². The van der Waals surface area contributed by atoms with E-state index in [9.17, 15) is 0 Å². The van der Waals surface area contributed by atoms with Crippen molar-refractivity contribution >= 4 is 11.3 Å². The number of aryl methyl sites for hydroxylation is 2. The highest BCUT2D eigenvalue weighted by Crippen LogP contribution is 2.24. The molecular weight excluding hydrogens is 254 g/mol. The lowest BCUT2D eigenvalue weighted by atomic mass is 9.99. The molecule has 1 unspecified atom stereocenters. The van der Waals surface area contributed by atoms with E-state index in [1.165, 1.54) is 16.8 Å². The summed E-state index contributed by atoms with van der Waals surface area (Å²) in [4.78, 5) is 0. The fourth-order valence-corrected chi connectivity index (χ4v) is 3.13. The average molecular weight is 277 g/mol. The van der Waals surface area contributed by atoms with Gasteiger partial charge in [-0.15, -0.1) is 0 Å². The molecule has 0 aliphatic heterocycles. The lowest BCUT2D eigenvalue weighted by Crippen LogP contribution is -2.24. The first-order valence-corrected chi connectivity index (χ1v) is 7.82. The number of hydrogen-bond acceptors (Lipinski definition) is 3. The van der Waals surface area contributed by atoms with Gasteiger partial charge in [-0.05, 0) is 61.2 Å². The van der Waals surface area contributed by atoms with Crippen LogP contribution in [0.2, 0.25) is 0 Å². The zero-order valence-electron chi connectivity index (χ0n) is 12.2. The molecule has 0 amide bonds. The predicted molar refractivity (Wildman–Crippen MR) is 81.7 cm³/mol. The average Bonchev–Trinajstić information content (AvgIpc) is 2.98. The fraction of sp³-hybridized carbons (Fsp3) is 0.533. The van der Waals surface area contributed by atoms with Crippen molar-refractivity contribution < 1.29 is 0 Å². The van der Waals surface area contributed by atoms with Gasteiger partial charge in [0.15, 0.2) is 0 Å². The van der Waals surface area contributed by atoms with Gasteiger partial charge in [0.1, 0.15) is 0 Å². The van der Waals surface area contributed by atoms with Crippen LogP contribution in [0.15, 0.2) is 16.8 Å². The molecule has 0 spiro atoms. The largest absolute Gasteiger partial charge is 0.310 e. The summed E-state index contributed by atoms with van der Waals surface area (Å²) < 4.78 is 1.98. The Hall–Kier alpha value is -1.13. The maximum atomic E-state index is 4.52. The molecule has 0 bridgehead atoms. The molecule has 2 aromatic heterocycles. The van der Waals surface area contributed by atoms with Gasteiger partial charge in [0.2, 0.25) is 0 Å². The highest BCUT2D eigenvalue weighted by molar-refractivity contribution is 7.07. The van der Waals surface area contributed by atoms with Crippen LogP contribution in [0.1, 0.15) is 41.9 Å². The third-order valence-corrected chi connectivity index (χ3v) is 4.35. The molecule has 3 nitrogen and oxygen atoms in total. The molecule has 0 aromatic carbocycles. The van der Waals surface area contributed by atoms with Crippen LogP contribution in [0.25, 0.3) is 0 Å². The molecule has 0 aliphatic carbocycles. The quantitative estimate of drug-likeness (QED) is 0.877. The minimum absolute atomic E-state index is 0.396. The molecule has 4 heteroatoms. The fourth-order valence-electron chi connectivity index (χ4n) is 2.42. The first-order chi connectivity index (χ1) is 9.13. The van der Waals surface area contributed by atoms with Gasteiger partial charge < -0.3 is 5.32 Å². The molecule has 2 aromatic rings. The maximum absolute atomic E-state index is 4.52. The van der Waals surface area contributed by atoms with E-state index in [0.717, 1.165) is 25.1 Å². The molecule has 2 heterocycles. The van der Waals surface area contributed by atoms with Gasteiger partial charge in [0, 0.05) is 18.8 Å². The molecule has 1 N–H and O–H groups in total. The lowest BCUT2D eigenvalue weighted by molar-refractivity contribution is 0.528. The van der Waals surface area contributed by atoms with E-state index in [1.54, 1.807) is 11.3 Å². The highest BCUT2D eigenvalue weighted by Gasteiger charge is 2.17. The normalized spacial score (nSPS) is 12.8. The summed E-state index contributed by atoms with van der Waals surface area (Å²) >= 11 is 1.76. The molecule has 19 heavy (non-hydrogen) atoms. The third-order valence-electron chi connectivity index (χ3n) is 3.65. The third kappa shape index (κ3) is 3.25. The molecule has 0 aliphatic rings. The molecule has 2 rings (SSSR count). The zero-order chi connectivity index (χ0) is 13.8. The minimum atomic E-state index is 0.396. The topological polar surface area (TPSA) is 29.9 Å². The van der Waals surface area contributed by atoms with Crippen LogP contribution >= 0.6 is 11.3 Å². The number of nitrogens with zero attached hydrogens (tertiary/aromatic N) is 2. The van der Waals surface area contributed by atoms with E-state index in [4.69, 9.17) is 0 Å². The Labute approximate surface area is 119 Å². The zero-order valence-corrected chi connectivity index (χ0v) is 13.0. The molecular formula is C15H23N3S. The predicted octanol–water partition coefficient (Wildman–Crippen LogP) is 3.38. The SMILES string of the molecule is CCCNC(Cc1c(C)nn(C)c1C)c1ccsc1. The van der Waals surface area contributed by atoms with E-state index in [1.807, 2.05) is 11.7 Å². The molecule has 104 valence electrons. The van der Waals surface area contributed by atoms with Gasteiger partial charge in [0.05, 0.1) is 5.69 Å². The summed E-state index contributed by atoms with van der Waals surface area (Å²) in [5, 5.41) is 12.6. The number of thiophene rings is 1. The van der Waals surface area contributed by atoms with E-state index in [-0.39, 0.29) is 0 Å². The first-order valence-electron chi connectivity index (χ1n) is 6.88. The van der Waals surface area contributed by atoms with E-state index < -0.39 is 0 Å². The van der Waals surface area contributed by atoms with Crippen molar-refractivity contribution in [2.24, 2.45) is 7.05 Å². The standard InChI is InChI=1S/C15H23N3S/c1-5-7-16-15(13-6-8-19-10-13)9-14-11(2)17-18(4)12(14)3/h6,8,10,15-16H,5,7,9H2,1-4H3. The van der Waals surface area contributed by atoms with Crippen molar-refractivity contribution in [3.63, 3.8) is 0 Å². The van der Waals surface area contributed by atoms with Gasteiger partial charge in [-0.25, -0.2) is 0 Å². The van der Waals surface area contributed by atoms with Crippen LogP contribution < -0.4 is 5.32 Å². The Kier molecular flexibility index (Phi) is 4.77. The van der Waals surface area contributed by atoms with Crippen LogP contribution in [0.3, 0.4) is 0 Å². The van der Waals surface area contributed by atoms with Crippen LogP contribution in [-0.2, 0) is 13.5 Å². The van der Waals surface area contributed by atoms with E-state index >= 15 is 0 Å². The summed E-state index contributed by atoms with van der Waals surface area (Å²) in [5.41, 5.74) is 5.19. The number of aromatic nitrogens is 2. The van der Waals surface area contributed by atoms with Gasteiger partial charge in [-0.2, -0.15) is 16.4 Å². The smallest absolute Gasteiger partial charge is 0.0629 e. The Balaban J connectivity index is 2.20. The second-order valence-electron chi connectivity index (χ2n) is 5.04. The summed E-state index contributed by atoms with van der Waals surface area (Å²) in [6.07, 6.45) is 2.17. The van der Waals surface area contributed by atoms with Crippen molar-refractivity contribution in [1.29, 1.82) is 0 Å². The van der Waals surface area contributed by atoms with Gasteiger partial charge >= 0.3 is 0 Å². The van der Waals surface area contributed by atoms with Gasteiger partial charge in [-0.3, -0.25) is 4.68 Å². The Bertz CT molecular complexity index is 514. The molecule has 0 saturated heterocycles.